The Labute approximate surface area is 240 Å². The number of fused-ring (bicyclic) bond motifs is 1. The van der Waals surface area contributed by atoms with Gasteiger partial charge in [0.2, 0.25) is 0 Å². The number of rotatable bonds is 9. The Hall–Kier alpha value is -4.25. The number of nitrogens with zero attached hydrogens (tertiary/aromatic N) is 4. The third kappa shape index (κ3) is 6.40. The second-order valence-corrected chi connectivity index (χ2v) is 10.9. The quantitative estimate of drug-likeness (QED) is 0.171. The molecule has 0 saturated heterocycles. The molecule has 1 amide bonds. The van der Waals surface area contributed by atoms with Crippen LogP contribution < -0.4 is 20.7 Å². The van der Waals surface area contributed by atoms with Gasteiger partial charge in [-0.3, -0.25) is 14.6 Å². The zero-order valence-corrected chi connectivity index (χ0v) is 22.9. The van der Waals surface area contributed by atoms with Crippen LogP contribution in [-0.2, 0) is 4.79 Å². The van der Waals surface area contributed by atoms with Crippen molar-refractivity contribution in [3.8, 4) is 5.75 Å². The lowest BCUT2D eigenvalue weighted by atomic mass is 9.84. The Morgan fingerprint density at radius 2 is 1.76 bits per heavy atom. The Kier molecular flexibility index (Phi) is 7.69. The molecule has 3 heterocycles. The van der Waals surface area contributed by atoms with Crippen molar-refractivity contribution >= 4 is 46.3 Å². The highest BCUT2D eigenvalue weighted by Crippen LogP contribution is 2.32. The van der Waals surface area contributed by atoms with Gasteiger partial charge in [-0.25, -0.2) is 13.9 Å². The number of ether oxygens (including phenoxy) is 1. The van der Waals surface area contributed by atoms with E-state index >= 15 is 0 Å². The molecule has 6 rings (SSSR count). The van der Waals surface area contributed by atoms with E-state index in [2.05, 4.69) is 31.0 Å². The Morgan fingerprint density at radius 3 is 2.51 bits per heavy atom. The first-order chi connectivity index (χ1) is 19.9. The van der Waals surface area contributed by atoms with E-state index in [0.29, 0.717) is 34.7 Å². The molecule has 3 aromatic heterocycles. The summed E-state index contributed by atoms with van der Waals surface area (Å²) in [6.07, 6.45) is 9.78. The molecule has 3 N–H and O–H groups in total. The van der Waals surface area contributed by atoms with Crippen LogP contribution in [0.15, 0.2) is 55.0 Å². The van der Waals surface area contributed by atoms with Crippen LogP contribution in [0, 0.1) is 11.7 Å². The number of para-hydroxylation sites is 1. The number of esters is 1. The summed E-state index contributed by atoms with van der Waals surface area (Å²) >= 11 is 6.11. The number of carbonyl (C=O) groups is 2. The van der Waals surface area contributed by atoms with Crippen molar-refractivity contribution in [1.29, 1.82) is 0 Å². The summed E-state index contributed by atoms with van der Waals surface area (Å²) < 4.78 is 21.0. The van der Waals surface area contributed by atoms with E-state index in [1.807, 2.05) is 6.07 Å². The van der Waals surface area contributed by atoms with Gasteiger partial charge in [-0.2, -0.15) is 0 Å². The van der Waals surface area contributed by atoms with Gasteiger partial charge in [0.05, 0.1) is 28.8 Å². The lowest BCUT2D eigenvalue weighted by molar-refractivity contribution is -0.135. The van der Waals surface area contributed by atoms with Crippen LogP contribution in [0.25, 0.3) is 5.65 Å². The van der Waals surface area contributed by atoms with Gasteiger partial charge in [-0.15, -0.1) is 5.10 Å². The summed E-state index contributed by atoms with van der Waals surface area (Å²) in [4.78, 5) is 33.7. The van der Waals surface area contributed by atoms with Crippen LogP contribution in [0.3, 0.4) is 0 Å². The Morgan fingerprint density at radius 1 is 1.00 bits per heavy atom. The zero-order valence-electron chi connectivity index (χ0n) is 22.1. The fraction of sp³-hybridized carbons (Fsp3) is 0.345. The minimum Gasteiger partial charge on any atom is -0.425 e. The second kappa shape index (κ2) is 11.7. The summed E-state index contributed by atoms with van der Waals surface area (Å²) in [6, 6.07) is 10.8. The van der Waals surface area contributed by atoms with Crippen molar-refractivity contribution in [2.75, 3.05) is 16.0 Å². The van der Waals surface area contributed by atoms with E-state index in [9.17, 15) is 14.0 Å². The number of benzene rings is 1. The fourth-order valence-corrected chi connectivity index (χ4v) is 5.23. The topological polar surface area (TPSA) is 123 Å². The standard InChI is InChI=1S/C29H29ClFN7O3/c30-20-3-1-2-4-25(20)41-27(39)13-17-5-7-19(8-6-17)35-26-14-23(34-18-9-10-18)28-33-16-24(38(28)37-26)29(40)36-22-11-12-32-15-21(22)31/h1-4,11-12,14-19,34H,5-10,13H2,(H,35,37)(H,32,36,40). The van der Waals surface area contributed by atoms with Gasteiger partial charge in [0.15, 0.2) is 17.2 Å². The van der Waals surface area contributed by atoms with Crippen LogP contribution in [0.5, 0.6) is 5.75 Å². The molecule has 0 bridgehead atoms. The number of anilines is 3. The predicted octanol–water partition coefficient (Wildman–Crippen LogP) is 5.71. The van der Waals surface area contributed by atoms with Crippen molar-refractivity contribution in [3.63, 3.8) is 0 Å². The molecular weight excluding hydrogens is 549 g/mol. The maximum atomic E-state index is 14.1. The minimum atomic E-state index is -0.631. The van der Waals surface area contributed by atoms with Crippen molar-refractivity contribution in [2.24, 2.45) is 5.92 Å². The summed E-state index contributed by atoms with van der Waals surface area (Å²) in [6.45, 7) is 0. The third-order valence-corrected chi connectivity index (χ3v) is 7.68. The number of aromatic nitrogens is 4. The molecule has 10 nitrogen and oxygen atoms in total. The highest BCUT2D eigenvalue weighted by atomic mass is 35.5. The largest absolute Gasteiger partial charge is 0.425 e. The molecule has 0 aliphatic heterocycles. The van der Waals surface area contributed by atoms with Crippen LogP contribution >= 0.6 is 11.6 Å². The predicted molar refractivity (Wildman–Crippen MR) is 153 cm³/mol. The van der Waals surface area contributed by atoms with E-state index in [4.69, 9.17) is 16.3 Å². The van der Waals surface area contributed by atoms with Gasteiger partial charge < -0.3 is 20.7 Å². The molecule has 2 saturated carbocycles. The first-order valence-corrected chi connectivity index (χ1v) is 14.1. The second-order valence-electron chi connectivity index (χ2n) is 10.5. The van der Waals surface area contributed by atoms with Crippen molar-refractivity contribution in [2.45, 2.75) is 57.0 Å². The van der Waals surface area contributed by atoms with Crippen LogP contribution in [0.2, 0.25) is 5.02 Å². The molecule has 1 aromatic carbocycles. The number of amides is 1. The summed E-state index contributed by atoms with van der Waals surface area (Å²) in [5, 5.41) is 14.7. The fourth-order valence-electron chi connectivity index (χ4n) is 5.06. The molecule has 12 heteroatoms. The molecule has 2 aliphatic rings. The van der Waals surface area contributed by atoms with Crippen molar-refractivity contribution in [3.05, 3.63) is 71.5 Å². The molecule has 0 atom stereocenters. The minimum absolute atomic E-state index is 0.0260. The monoisotopic (exact) mass is 577 g/mol. The van der Waals surface area contributed by atoms with Gasteiger partial charge in [0, 0.05) is 30.8 Å². The lowest BCUT2D eigenvalue weighted by Gasteiger charge is -2.29. The maximum Gasteiger partial charge on any atom is 0.311 e. The number of imidazole rings is 1. The molecule has 0 unspecified atom stereocenters. The van der Waals surface area contributed by atoms with Gasteiger partial charge in [-0.1, -0.05) is 23.7 Å². The molecular formula is C29H29ClFN7O3. The molecule has 4 aromatic rings. The number of halogens is 2. The van der Waals surface area contributed by atoms with Crippen molar-refractivity contribution < 1.29 is 18.7 Å². The highest BCUT2D eigenvalue weighted by Gasteiger charge is 2.27. The molecule has 0 radical (unpaired) electrons. The van der Waals surface area contributed by atoms with Gasteiger partial charge >= 0.3 is 5.97 Å². The average molecular weight is 578 g/mol. The molecule has 212 valence electrons. The summed E-state index contributed by atoms with van der Waals surface area (Å²) in [5.74, 6) is -0.241. The molecule has 2 fully saturated rings. The number of hydrogen-bond acceptors (Lipinski definition) is 8. The van der Waals surface area contributed by atoms with Gasteiger partial charge in [0.25, 0.3) is 5.91 Å². The lowest BCUT2D eigenvalue weighted by Crippen LogP contribution is -2.28. The molecule has 2 aliphatic carbocycles. The van der Waals surface area contributed by atoms with Gasteiger partial charge in [-0.05, 0) is 62.6 Å². The smallest absolute Gasteiger partial charge is 0.311 e. The van der Waals surface area contributed by atoms with Crippen molar-refractivity contribution in [1.82, 2.24) is 19.6 Å². The highest BCUT2D eigenvalue weighted by molar-refractivity contribution is 6.32. The van der Waals surface area contributed by atoms with E-state index in [1.165, 1.54) is 23.0 Å². The van der Waals surface area contributed by atoms with Gasteiger partial charge in [0.1, 0.15) is 11.6 Å². The molecule has 41 heavy (non-hydrogen) atoms. The zero-order chi connectivity index (χ0) is 28.3. The normalized spacial score (nSPS) is 18.6. The Balaban J connectivity index is 1.13. The molecule has 0 spiro atoms. The van der Waals surface area contributed by atoms with Crippen LogP contribution in [0.4, 0.5) is 21.6 Å². The first-order valence-electron chi connectivity index (χ1n) is 13.7. The maximum absolute atomic E-state index is 14.1. The van der Waals surface area contributed by atoms with E-state index < -0.39 is 11.7 Å². The number of hydrogen-bond donors (Lipinski definition) is 3. The third-order valence-electron chi connectivity index (χ3n) is 7.37. The number of nitrogens with one attached hydrogen (secondary N) is 3. The van der Waals surface area contributed by atoms with E-state index in [1.54, 1.807) is 24.3 Å². The summed E-state index contributed by atoms with van der Waals surface area (Å²) in [5.41, 5.74) is 1.50. The summed E-state index contributed by atoms with van der Waals surface area (Å²) in [7, 11) is 0. The van der Waals surface area contributed by atoms with Crippen LogP contribution in [-0.4, -0.2) is 43.5 Å². The Bertz CT molecular complexity index is 1580. The average Bonchev–Trinajstić information content (AvgIpc) is 3.67. The van der Waals surface area contributed by atoms with E-state index in [0.717, 1.165) is 50.4 Å². The first kappa shape index (κ1) is 26.9. The van der Waals surface area contributed by atoms with E-state index in [-0.39, 0.29) is 29.3 Å². The number of carbonyl (C=O) groups excluding carboxylic acids is 2. The SMILES string of the molecule is O=C(CC1CCC(Nc2cc(NC3CC3)c3ncc(C(=O)Nc4ccncc4F)n3n2)CC1)Oc1ccccc1Cl. The van der Waals surface area contributed by atoms with Crippen LogP contribution in [0.1, 0.15) is 55.4 Å². The number of pyridine rings is 1.